The monoisotopic (exact) mass is 889 g/mol. The predicted molar refractivity (Wildman–Crippen MR) is 245 cm³/mol. The van der Waals surface area contributed by atoms with E-state index in [1.807, 2.05) is 30.3 Å². The molecule has 0 saturated heterocycles. The summed E-state index contributed by atoms with van der Waals surface area (Å²) in [5.41, 5.74) is 1.50. The lowest BCUT2D eigenvalue weighted by atomic mass is 10.1. The largest absolute Gasteiger partial charge is 0.494 e. The van der Waals surface area contributed by atoms with Crippen molar-refractivity contribution < 1.29 is 52.4 Å². The van der Waals surface area contributed by atoms with Crippen molar-refractivity contribution in [2.75, 3.05) is 31.4 Å². The Balaban J connectivity index is 1.21. The fraction of sp³-hybridized carbons (Fsp3) is 0.286. The quantitative estimate of drug-likeness (QED) is 0.0147. The lowest BCUT2D eigenvalue weighted by Gasteiger charge is -2.17. The number of nitrogens with zero attached hydrogens (tertiary/aromatic N) is 3. The van der Waals surface area contributed by atoms with Crippen LogP contribution in [0.15, 0.2) is 134 Å². The van der Waals surface area contributed by atoms with E-state index in [4.69, 9.17) is 28.4 Å². The minimum Gasteiger partial charge on any atom is -0.494 e. The number of unbranched alkanes of at least 4 members (excludes halogenated alkanes) is 6. The van der Waals surface area contributed by atoms with Gasteiger partial charge in [-0.3, -0.25) is 4.79 Å². The van der Waals surface area contributed by atoms with Crippen LogP contribution in [0.1, 0.15) is 73.7 Å². The van der Waals surface area contributed by atoms with Gasteiger partial charge in [-0.25, -0.2) is 24.2 Å². The number of rotatable bonds is 26. The third-order valence-corrected chi connectivity index (χ3v) is 10.5. The van der Waals surface area contributed by atoms with Gasteiger partial charge in [0.25, 0.3) is 5.91 Å². The van der Waals surface area contributed by atoms with Crippen LogP contribution in [-0.4, -0.2) is 73.5 Å². The molecule has 14 nitrogen and oxygen atoms in total. The van der Waals surface area contributed by atoms with E-state index in [9.17, 15) is 24.0 Å². The zero-order valence-corrected chi connectivity index (χ0v) is 36.3. The van der Waals surface area contributed by atoms with Crippen molar-refractivity contribution >= 4 is 62.7 Å². The van der Waals surface area contributed by atoms with Crippen molar-refractivity contribution in [1.29, 1.82) is 0 Å². The van der Waals surface area contributed by atoms with Gasteiger partial charge in [-0.05, 0) is 118 Å². The van der Waals surface area contributed by atoms with Gasteiger partial charge in [-0.2, -0.15) is 10.1 Å². The normalized spacial score (nSPS) is 13.1. The van der Waals surface area contributed by atoms with Crippen molar-refractivity contribution in [3.05, 3.63) is 140 Å². The Morgan fingerprint density at radius 3 is 2.03 bits per heavy atom. The minimum absolute atomic E-state index is 0.0799. The van der Waals surface area contributed by atoms with E-state index in [0.29, 0.717) is 54.8 Å². The molecule has 1 aromatic heterocycles. The summed E-state index contributed by atoms with van der Waals surface area (Å²) in [5.74, 6) is -1.88. The number of amides is 1. The highest BCUT2D eigenvalue weighted by molar-refractivity contribution is 7.22. The number of carbonyl (C=O) groups is 5. The molecule has 4 aromatic rings. The molecule has 0 bridgehead atoms. The molecule has 0 radical (unpaired) electrons. The van der Waals surface area contributed by atoms with Gasteiger partial charge < -0.3 is 28.4 Å². The molecule has 1 amide bonds. The van der Waals surface area contributed by atoms with Crippen LogP contribution < -0.4 is 19.2 Å². The number of hydrogen-bond donors (Lipinski definition) is 0. The molecule has 0 aliphatic heterocycles. The molecule has 15 heteroatoms. The molecule has 1 aliphatic rings. The first-order valence-electron chi connectivity index (χ1n) is 20.9. The number of anilines is 1. The zero-order chi connectivity index (χ0) is 45.5. The maximum Gasteiger partial charge on any atom is 0.343 e. The van der Waals surface area contributed by atoms with Crippen LogP contribution in [0.2, 0.25) is 0 Å². The molecule has 1 aliphatic carbocycles. The first-order chi connectivity index (χ1) is 31.2. The Bertz CT molecular complexity index is 2330. The van der Waals surface area contributed by atoms with Crippen LogP contribution >= 0.6 is 11.3 Å². The molecule has 5 rings (SSSR count). The Hall–Kier alpha value is -6.97. The smallest absolute Gasteiger partial charge is 0.343 e. The highest BCUT2D eigenvalue weighted by Crippen LogP contribution is 2.30. The molecule has 3 aromatic carbocycles. The fourth-order valence-corrected chi connectivity index (χ4v) is 6.96. The van der Waals surface area contributed by atoms with Gasteiger partial charge in [0.2, 0.25) is 5.13 Å². The standard InChI is InChI=1S/C49H51N3O11S/c1-4-44(53)52(49-51-41-17-11-12-18-43(41)64-49)50-34-37-33-40(62-47(56)35-19-23-38(24-20-35)58-29-13-7-9-15-31-60-45(54)5-2)27-28-42(37)63-48(57)36-21-25-39(26-22-36)59-30-14-8-10-16-32-61-46(55)6-3/h4-6,11-12,17-23,25-28,33-34,38H,1-3,7-10,13-16,24,29-32H2/b50-34+. The molecule has 0 saturated carbocycles. The van der Waals surface area contributed by atoms with E-state index in [1.165, 1.54) is 35.8 Å². The van der Waals surface area contributed by atoms with Gasteiger partial charge in [0.15, 0.2) is 0 Å². The summed E-state index contributed by atoms with van der Waals surface area (Å²) in [7, 11) is 0. The third-order valence-electron chi connectivity index (χ3n) is 9.44. The molecule has 334 valence electrons. The number of thiazole rings is 1. The Labute approximate surface area is 376 Å². The van der Waals surface area contributed by atoms with Crippen LogP contribution in [0, 0.1) is 0 Å². The number of esters is 4. The van der Waals surface area contributed by atoms with Crippen LogP contribution in [0.4, 0.5) is 5.13 Å². The number of carbonyl (C=O) groups excluding carboxylic acids is 5. The number of hydrogen-bond acceptors (Lipinski definition) is 14. The summed E-state index contributed by atoms with van der Waals surface area (Å²) in [6, 6.07) is 18.4. The molecular weight excluding hydrogens is 839 g/mol. The van der Waals surface area contributed by atoms with E-state index >= 15 is 0 Å². The maximum atomic E-state index is 13.4. The number of fused-ring (bicyclic) bond motifs is 1. The minimum atomic E-state index is -0.672. The van der Waals surface area contributed by atoms with Gasteiger partial charge in [0.1, 0.15) is 17.2 Å². The van der Waals surface area contributed by atoms with Crippen LogP contribution in [0.25, 0.3) is 10.2 Å². The lowest BCUT2D eigenvalue weighted by Crippen LogP contribution is -2.23. The van der Waals surface area contributed by atoms with Crippen LogP contribution in [-0.2, 0) is 33.4 Å². The average Bonchev–Trinajstić information content (AvgIpc) is 3.75. The topological polar surface area (TPSA) is 169 Å². The van der Waals surface area contributed by atoms with Gasteiger partial charge in [0, 0.05) is 24.3 Å². The summed E-state index contributed by atoms with van der Waals surface area (Å²) < 4.78 is 34.2. The summed E-state index contributed by atoms with van der Waals surface area (Å²) >= 11 is 1.26. The molecular formula is C49H51N3O11S. The van der Waals surface area contributed by atoms with E-state index < -0.39 is 29.8 Å². The van der Waals surface area contributed by atoms with Gasteiger partial charge in [0.05, 0.1) is 53.5 Å². The van der Waals surface area contributed by atoms with Gasteiger partial charge in [-0.1, -0.05) is 61.8 Å². The zero-order valence-electron chi connectivity index (χ0n) is 35.5. The van der Waals surface area contributed by atoms with E-state index in [2.05, 4.69) is 29.8 Å². The lowest BCUT2D eigenvalue weighted by molar-refractivity contribution is -0.138. The van der Waals surface area contributed by atoms with Crippen LogP contribution in [0.5, 0.6) is 17.2 Å². The Morgan fingerprint density at radius 1 is 0.734 bits per heavy atom. The van der Waals surface area contributed by atoms with Crippen molar-refractivity contribution in [2.24, 2.45) is 5.10 Å². The molecule has 1 atom stereocenters. The fourth-order valence-electron chi connectivity index (χ4n) is 6.03. The highest BCUT2D eigenvalue weighted by atomic mass is 32.1. The second-order valence-electron chi connectivity index (χ2n) is 14.1. The molecule has 0 spiro atoms. The van der Waals surface area contributed by atoms with Gasteiger partial charge >= 0.3 is 23.9 Å². The van der Waals surface area contributed by atoms with Gasteiger partial charge in [-0.15, -0.1) is 0 Å². The number of para-hydroxylation sites is 1. The van der Waals surface area contributed by atoms with E-state index in [-0.39, 0.29) is 28.7 Å². The molecule has 0 N–H and O–H groups in total. The van der Waals surface area contributed by atoms with E-state index in [0.717, 1.165) is 79.3 Å². The van der Waals surface area contributed by atoms with Crippen LogP contribution in [0.3, 0.4) is 0 Å². The summed E-state index contributed by atoms with van der Waals surface area (Å²) in [6.07, 6.45) is 17.0. The summed E-state index contributed by atoms with van der Waals surface area (Å²) in [4.78, 5) is 66.6. The summed E-state index contributed by atoms with van der Waals surface area (Å²) in [6.45, 7) is 12.1. The molecule has 1 heterocycles. The Morgan fingerprint density at radius 2 is 1.39 bits per heavy atom. The second-order valence-corrected chi connectivity index (χ2v) is 15.2. The number of hydrazone groups is 1. The SMILES string of the molecule is C=CC(=O)OCCCCCCOc1ccc(C(=O)Oc2ccc(OC(=O)C3=CCC(OCCCCCCOC(=O)C=C)C=C3)cc2/C=N/N(C(=O)C=C)c2nc3ccccc3s2)cc1. The number of ether oxygens (including phenoxy) is 6. The molecule has 64 heavy (non-hydrogen) atoms. The first-order valence-corrected chi connectivity index (χ1v) is 21.7. The van der Waals surface area contributed by atoms with Crippen molar-refractivity contribution in [3.8, 4) is 17.2 Å². The van der Waals surface area contributed by atoms with E-state index in [1.54, 1.807) is 36.4 Å². The second kappa shape index (κ2) is 25.8. The number of benzene rings is 3. The summed E-state index contributed by atoms with van der Waals surface area (Å²) in [5, 5.41) is 5.81. The molecule has 1 unspecified atom stereocenters. The predicted octanol–water partition coefficient (Wildman–Crippen LogP) is 9.20. The molecule has 0 fully saturated rings. The maximum absolute atomic E-state index is 13.4. The van der Waals surface area contributed by atoms with Crippen molar-refractivity contribution in [3.63, 3.8) is 0 Å². The average molecular weight is 890 g/mol. The van der Waals surface area contributed by atoms with Crippen molar-refractivity contribution in [2.45, 2.75) is 63.9 Å². The Kier molecular flexibility index (Phi) is 19.4. The number of aromatic nitrogens is 1. The third kappa shape index (κ3) is 15.4. The highest BCUT2D eigenvalue weighted by Gasteiger charge is 2.20. The first kappa shape index (κ1) is 48.1. The van der Waals surface area contributed by atoms with Crippen molar-refractivity contribution in [1.82, 2.24) is 4.98 Å².